The van der Waals surface area contributed by atoms with Gasteiger partial charge in [0, 0.05) is 25.1 Å². The van der Waals surface area contributed by atoms with E-state index in [1.54, 1.807) is 0 Å². The maximum Gasteiger partial charge on any atom is 0.272 e. The molecule has 7 heteroatoms. The molecular formula is C14H17FN2O4. The first-order valence-electron chi connectivity index (χ1n) is 7.07. The highest BCUT2D eigenvalue weighted by Crippen LogP contribution is 2.31. The molecule has 1 atom stereocenters. The number of benzene rings is 1. The first-order valence-corrected chi connectivity index (χ1v) is 7.07. The number of anilines is 1. The Morgan fingerprint density at radius 2 is 2.10 bits per heavy atom. The van der Waals surface area contributed by atoms with Crippen molar-refractivity contribution >= 4 is 11.4 Å². The zero-order chi connectivity index (χ0) is 14.8. The lowest BCUT2D eigenvalue weighted by Gasteiger charge is -2.36. The fourth-order valence-corrected chi connectivity index (χ4v) is 2.97. The number of hydrogen-bond acceptors (Lipinski definition) is 5. The van der Waals surface area contributed by atoms with Crippen LogP contribution in [0.3, 0.4) is 0 Å². The second kappa shape index (κ2) is 5.95. The number of nitrogens with zero attached hydrogens (tertiary/aromatic N) is 2. The van der Waals surface area contributed by atoms with Crippen LogP contribution >= 0.6 is 0 Å². The Balaban J connectivity index is 1.75. The summed E-state index contributed by atoms with van der Waals surface area (Å²) in [6, 6.07) is 3.79. The van der Waals surface area contributed by atoms with Crippen LogP contribution in [0, 0.1) is 21.8 Å². The van der Waals surface area contributed by atoms with Crippen molar-refractivity contribution < 1.29 is 18.8 Å². The molecule has 2 saturated heterocycles. The normalized spacial score (nSPS) is 23.5. The number of piperidine rings is 1. The quantitative estimate of drug-likeness (QED) is 0.632. The first-order chi connectivity index (χ1) is 10.1. The fourth-order valence-electron chi connectivity index (χ4n) is 2.97. The van der Waals surface area contributed by atoms with E-state index in [0.29, 0.717) is 25.4 Å². The van der Waals surface area contributed by atoms with E-state index in [0.717, 1.165) is 25.5 Å². The van der Waals surface area contributed by atoms with Crippen molar-refractivity contribution in [2.45, 2.75) is 19.1 Å². The lowest BCUT2D eigenvalue weighted by molar-refractivity contribution is -0.385. The highest BCUT2D eigenvalue weighted by Gasteiger charge is 2.32. The number of halogens is 1. The fraction of sp³-hybridized carbons (Fsp3) is 0.571. The summed E-state index contributed by atoms with van der Waals surface area (Å²) in [5.74, 6) is -0.353. The summed E-state index contributed by atoms with van der Waals surface area (Å²) in [4.78, 5) is 12.0. The molecule has 2 aliphatic rings. The smallest absolute Gasteiger partial charge is 0.272 e. The molecule has 2 fully saturated rings. The molecule has 0 aromatic heterocycles. The maximum atomic E-state index is 14.1. The van der Waals surface area contributed by atoms with Gasteiger partial charge >= 0.3 is 0 Å². The highest BCUT2D eigenvalue weighted by molar-refractivity contribution is 5.52. The number of non-ortho nitro benzene ring substituents is 1. The zero-order valence-corrected chi connectivity index (χ0v) is 11.5. The van der Waals surface area contributed by atoms with Gasteiger partial charge in [-0.2, -0.15) is 0 Å². The van der Waals surface area contributed by atoms with Gasteiger partial charge in [-0.15, -0.1) is 0 Å². The van der Waals surface area contributed by atoms with E-state index < -0.39 is 10.7 Å². The Hall–Kier alpha value is -1.73. The molecule has 3 rings (SSSR count). The van der Waals surface area contributed by atoms with E-state index in [4.69, 9.17) is 9.47 Å². The molecule has 0 saturated carbocycles. The van der Waals surface area contributed by atoms with E-state index in [9.17, 15) is 14.5 Å². The largest absolute Gasteiger partial charge is 0.369 e. The van der Waals surface area contributed by atoms with E-state index in [1.165, 1.54) is 12.1 Å². The summed E-state index contributed by atoms with van der Waals surface area (Å²) in [7, 11) is 0. The van der Waals surface area contributed by atoms with Crippen LogP contribution in [-0.2, 0) is 9.47 Å². The molecule has 0 unspecified atom stereocenters. The van der Waals surface area contributed by atoms with Crippen molar-refractivity contribution in [1.82, 2.24) is 0 Å². The zero-order valence-electron chi connectivity index (χ0n) is 11.5. The van der Waals surface area contributed by atoms with E-state index in [2.05, 4.69) is 0 Å². The van der Waals surface area contributed by atoms with Gasteiger partial charge in [-0.05, 0) is 18.9 Å². The van der Waals surface area contributed by atoms with Gasteiger partial charge in [-0.3, -0.25) is 10.1 Å². The van der Waals surface area contributed by atoms with Gasteiger partial charge in [-0.25, -0.2) is 4.39 Å². The highest BCUT2D eigenvalue weighted by atomic mass is 19.1. The molecule has 2 aliphatic heterocycles. The van der Waals surface area contributed by atoms with Gasteiger partial charge < -0.3 is 14.4 Å². The Kier molecular flexibility index (Phi) is 4.03. The predicted molar refractivity (Wildman–Crippen MR) is 73.7 cm³/mol. The summed E-state index contributed by atoms with van der Waals surface area (Å²) in [5, 5.41) is 10.7. The van der Waals surface area contributed by atoms with Gasteiger partial charge in [0.25, 0.3) is 5.69 Å². The third kappa shape index (κ3) is 2.98. The van der Waals surface area contributed by atoms with Crippen LogP contribution < -0.4 is 4.90 Å². The number of nitro benzene ring substituents is 1. The molecule has 0 aliphatic carbocycles. The van der Waals surface area contributed by atoms with Crippen LogP contribution in [0.2, 0.25) is 0 Å². The second-order valence-corrected chi connectivity index (χ2v) is 5.35. The lowest BCUT2D eigenvalue weighted by atomic mass is 9.97. The molecule has 0 amide bonds. The van der Waals surface area contributed by atoms with Gasteiger partial charge in [0.2, 0.25) is 0 Å². The molecule has 114 valence electrons. The van der Waals surface area contributed by atoms with E-state index in [-0.39, 0.29) is 17.9 Å². The monoisotopic (exact) mass is 296 g/mol. The Bertz CT molecular complexity index is 534. The molecule has 0 N–H and O–H groups in total. The van der Waals surface area contributed by atoms with Crippen molar-refractivity contribution in [2.24, 2.45) is 5.92 Å². The summed E-state index contributed by atoms with van der Waals surface area (Å²) in [6.07, 6.45) is 1.69. The van der Waals surface area contributed by atoms with Crippen molar-refractivity contribution in [2.75, 3.05) is 31.2 Å². The van der Waals surface area contributed by atoms with Gasteiger partial charge in [0.05, 0.1) is 29.9 Å². The van der Waals surface area contributed by atoms with Crippen LogP contribution in [0.4, 0.5) is 15.8 Å². The summed E-state index contributed by atoms with van der Waals surface area (Å²) >= 11 is 0. The molecule has 21 heavy (non-hydrogen) atoms. The third-order valence-corrected chi connectivity index (χ3v) is 3.97. The molecule has 2 heterocycles. The topological polar surface area (TPSA) is 64.8 Å². The van der Waals surface area contributed by atoms with Crippen molar-refractivity contribution in [3.63, 3.8) is 0 Å². The minimum Gasteiger partial charge on any atom is -0.369 e. The van der Waals surface area contributed by atoms with Crippen LogP contribution in [-0.4, -0.2) is 37.5 Å². The Labute approximate surface area is 121 Å². The van der Waals surface area contributed by atoms with Crippen molar-refractivity contribution in [1.29, 1.82) is 0 Å². The van der Waals surface area contributed by atoms with Crippen LogP contribution in [0.5, 0.6) is 0 Å². The molecular weight excluding hydrogens is 279 g/mol. The Morgan fingerprint density at radius 1 is 1.33 bits per heavy atom. The predicted octanol–water partition coefficient (Wildman–Crippen LogP) is 2.32. The van der Waals surface area contributed by atoms with Gasteiger partial charge in [0.1, 0.15) is 0 Å². The average Bonchev–Trinajstić information content (AvgIpc) is 3.01. The number of ether oxygens (including phenoxy) is 2. The first kappa shape index (κ1) is 14.2. The number of rotatable bonds is 3. The van der Waals surface area contributed by atoms with Gasteiger partial charge in [0.15, 0.2) is 12.1 Å². The molecule has 1 aromatic carbocycles. The number of nitro groups is 1. The standard InChI is InChI=1S/C14H17FN2O4/c15-12-8-11(17(18)19)3-4-13(12)16-5-1-2-10(9-16)14-20-6-7-21-14/h3-4,8,10,14H,1-2,5-7,9H2/t10-/m0/s1. The summed E-state index contributed by atoms with van der Waals surface area (Å²) < 4.78 is 25.1. The summed E-state index contributed by atoms with van der Waals surface area (Å²) in [6.45, 7) is 2.58. The molecule has 0 radical (unpaired) electrons. The minimum atomic E-state index is -0.591. The van der Waals surface area contributed by atoms with Gasteiger partial charge in [-0.1, -0.05) is 0 Å². The SMILES string of the molecule is O=[N+]([O-])c1ccc(N2CCC[C@H](C3OCCO3)C2)c(F)c1. The second-order valence-electron chi connectivity index (χ2n) is 5.35. The van der Waals surface area contributed by atoms with Crippen molar-refractivity contribution in [3.05, 3.63) is 34.1 Å². The Morgan fingerprint density at radius 3 is 2.76 bits per heavy atom. The average molecular weight is 296 g/mol. The molecule has 0 spiro atoms. The van der Waals surface area contributed by atoms with Crippen LogP contribution in [0.15, 0.2) is 18.2 Å². The van der Waals surface area contributed by atoms with E-state index in [1.807, 2.05) is 4.90 Å². The number of hydrogen-bond donors (Lipinski definition) is 0. The lowest BCUT2D eigenvalue weighted by Crippen LogP contribution is -2.41. The minimum absolute atomic E-state index is 0.204. The van der Waals surface area contributed by atoms with Crippen LogP contribution in [0.1, 0.15) is 12.8 Å². The van der Waals surface area contributed by atoms with Crippen LogP contribution in [0.25, 0.3) is 0 Å². The third-order valence-electron chi connectivity index (χ3n) is 3.97. The van der Waals surface area contributed by atoms with E-state index >= 15 is 0 Å². The molecule has 1 aromatic rings. The molecule has 6 nitrogen and oxygen atoms in total. The van der Waals surface area contributed by atoms with Crippen molar-refractivity contribution in [3.8, 4) is 0 Å². The maximum absolute atomic E-state index is 14.1. The molecule has 0 bridgehead atoms. The summed E-state index contributed by atoms with van der Waals surface area (Å²) in [5.41, 5.74) is 0.176.